The molecule has 2 aromatic heterocycles. The van der Waals surface area contributed by atoms with Gasteiger partial charge in [0.1, 0.15) is 11.2 Å². The summed E-state index contributed by atoms with van der Waals surface area (Å²) in [4.78, 5) is 2.34. The Bertz CT molecular complexity index is 3550. The second-order valence-electron chi connectivity index (χ2n) is 15.7. The van der Waals surface area contributed by atoms with Gasteiger partial charge in [0, 0.05) is 49.7 Å². The lowest BCUT2D eigenvalue weighted by Crippen LogP contribution is -2.09. The molecule has 3 nitrogen and oxygen atoms in total. The molecule has 12 rings (SSSR count). The number of hydrogen-bond donors (Lipinski definition) is 0. The van der Waals surface area contributed by atoms with E-state index in [1.807, 2.05) is 12.1 Å². The van der Waals surface area contributed by atoms with Crippen molar-refractivity contribution in [3.05, 3.63) is 231 Å². The van der Waals surface area contributed by atoms with Gasteiger partial charge in [-0.1, -0.05) is 158 Å². The number of aromatic nitrogens is 1. The van der Waals surface area contributed by atoms with Gasteiger partial charge in [-0.15, -0.1) is 0 Å². The van der Waals surface area contributed by atoms with Gasteiger partial charge >= 0.3 is 0 Å². The minimum Gasteiger partial charge on any atom is -0.456 e. The van der Waals surface area contributed by atoms with Crippen molar-refractivity contribution in [2.45, 2.75) is 0 Å². The topological polar surface area (TPSA) is 21.3 Å². The maximum Gasteiger partial charge on any atom is 0.136 e. The average molecular weight is 779 g/mol. The van der Waals surface area contributed by atoms with Gasteiger partial charge in [0.15, 0.2) is 0 Å². The molecule has 0 bridgehead atoms. The molecule has 2 heterocycles. The van der Waals surface area contributed by atoms with Gasteiger partial charge in [0.25, 0.3) is 0 Å². The fourth-order valence-corrected chi connectivity index (χ4v) is 9.20. The summed E-state index contributed by atoms with van der Waals surface area (Å²) >= 11 is 0. The molecule has 0 radical (unpaired) electrons. The van der Waals surface area contributed by atoms with Crippen molar-refractivity contribution in [1.82, 2.24) is 4.57 Å². The number of furan rings is 1. The third kappa shape index (κ3) is 5.98. The van der Waals surface area contributed by atoms with Crippen LogP contribution in [-0.2, 0) is 0 Å². The summed E-state index contributed by atoms with van der Waals surface area (Å²) in [6.45, 7) is 0. The molecule has 0 atom stereocenters. The van der Waals surface area contributed by atoms with Gasteiger partial charge in [-0.05, 0) is 112 Å². The molecule has 3 heteroatoms. The first-order valence-corrected chi connectivity index (χ1v) is 20.8. The Morgan fingerprint density at radius 1 is 0.311 bits per heavy atom. The maximum atomic E-state index is 6.24. The molecule has 0 fully saturated rings. The van der Waals surface area contributed by atoms with Gasteiger partial charge in [-0.25, -0.2) is 0 Å². The van der Waals surface area contributed by atoms with Crippen molar-refractivity contribution >= 4 is 71.6 Å². The lowest BCUT2D eigenvalue weighted by molar-refractivity contribution is 0.669. The van der Waals surface area contributed by atoms with Crippen LogP contribution in [0, 0.1) is 0 Å². The van der Waals surface area contributed by atoms with Gasteiger partial charge in [0.05, 0.1) is 11.0 Å². The first-order chi connectivity index (χ1) is 30.2. The highest BCUT2D eigenvalue weighted by atomic mass is 16.3. The molecule has 61 heavy (non-hydrogen) atoms. The smallest absolute Gasteiger partial charge is 0.136 e. The average Bonchev–Trinajstić information content (AvgIpc) is 3.88. The monoisotopic (exact) mass is 778 g/mol. The number of nitrogens with zero attached hydrogens (tertiary/aromatic N) is 2. The van der Waals surface area contributed by atoms with Crippen LogP contribution in [0.2, 0.25) is 0 Å². The Morgan fingerprint density at radius 3 is 1.46 bits per heavy atom. The zero-order valence-electron chi connectivity index (χ0n) is 33.2. The third-order valence-electron chi connectivity index (χ3n) is 12.2. The fraction of sp³-hybridized carbons (Fsp3) is 0. The molecule has 0 N–H and O–H groups in total. The van der Waals surface area contributed by atoms with Crippen LogP contribution in [0.5, 0.6) is 0 Å². The SMILES string of the molecule is c1ccc(-c2ccc(N(c3ccc(-c4ccc5c(c4)oc4ccccc45)cc3)c3ccc(-c4ccc5c6ccc7ccccc7c6n(-c6ccccc6)c5c4)cc3)cc2)cc1. The lowest BCUT2D eigenvalue weighted by atomic mass is 10.0. The Morgan fingerprint density at radius 2 is 0.787 bits per heavy atom. The Hall–Kier alpha value is -8.14. The number of anilines is 3. The van der Waals surface area contributed by atoms with E-state index in [1.54, 1.807) is 0 Å². The summed E-state index contributed by atoms with van der Waals surface area (Å²) in [5, 5.41) is 7.28. The normalized spacial score (nSPS) is 11.6. The third-order valence-corrected chi connectivity index (χ3v) is 12.2. The van der Waals surface area contributed by atoms with E-state index in [4.69, 9.17) is 4.42 Å². The summed E-state index contributed by atoms with van der Waals surface area (Å²) in [6, 6.07) is 82.9. The van der Waals surface area contributed by atoms with Crippen molar-refractivity contribution in [3.63, 3.8) is 0 Å². The van der Waals surface area contributed by atoms with E-state index in [1.165, 1.54) is 49.3 Å². The van der Waals surface area contributed by atoms with Crippen molar-refractivity contribution < 1.29 is 4.42 Å². The van der Waals surface area contributed by atoms with E-state index in [0.29, 0.717) is 0 Å². The zero-order chi connectivity index (χ0) is 40.3. The molecule has 0 aliphatic heterocycles. The molecular weight excluding hydrogens is 741 g/mol. The number of benzene rings is 10. The summed E-state index contributed by atoms with van der Waals surface area (Å²) < 4.78 is 8.68. The molecule has 0 saturated carbocycles. The summed E-state index contributed by atoms with van der Waals surface area (Å²) in [5.41, 5.74) is 15.6. The lowest BCUT2D eigenvalue weighted by Gasteiger charge is -2.26. The van der Waals surface area contributed by atoms with Crippen molar-refractivity contribution in [2.24, 2.45) is 0 Å². The Kier molecular flexibility index (Phi) is 8.17. The quantitative estimate of drug-likeness (QED) is 0.161. The first-order valence-electron chi connectivity index (χ1n) is 20.8. The van der Waals surface area contributed by atoms with Gasteiger partial charge < -0.3 is 13.9 Å². The molecule has 0 spiro atoms. The van der Waals surface area contributed by atoms with Crippen LogP contribution in [0.25, 0.3) is 93.6 Å². The zero-order valence-corrected chi connectivity index (χ0v) is 33.2. The van der Waals surface area contributed by atoms with Crippen molar-refractivity contribution in [3.8, 4) is 39.1 Å². The molecule has 0 aliphatic rings. The molecular formula is C58H38N2O. The second kappa shape index (κ2) is 14.3. The summed E-state index contributed by atoms with van der Waals surface area (Å²) in [5.74, 6) is 0. The van der Waals surface area contributed by atoms with Crippen LogP contribution in [0.15, 0.2) is 235 Å². The number of para-hydroxylation sites is 2. The van der Waals surface area contributed by atoms with Crippen LogP contribution in [0.1, 0.15) is 0 Å². The molecule has 10 aromatic carbocycles. The number of hydrogen-bond acceptors (Lipinski definition) is 2. The van der Waals surface area contributed by atoms with Gasteiger partial charge in [-0.2, -0.15) is 0 Å². The highest BCUT2D eigenvalue weighted by Crippen LogP contribution is 2.41. The van der Waals surface area contributed by atoms with Crippen LogP contribution in [0.4, 0.5) is 17.1 Å². The molecule has 0 unspecified atom stereocenters. The Balaban J connectivity index is 0.939. The second-order valence-corrected chi connectivity index (χ2v) is 15.7. The minimum absolute atomic E-state index is 0.900. The minimum atomic E-state index is 0.900. The van der Waals surface area contributed by atoms with Crippen LogP contribution >= 0.6 is 0 Å². The predicted molar refractivity (Wildman–Crippen MR) is 257 cm³/mol. The van der Waals surface area contributed by atoms with E-state index < -0.39 is 0 Å². The fourth-order valence-electron chi connectivity index (χ4n) is 9.20. The van der Waals surface area contributed by atoms with E-state index in [-0.39, 0.29) is 0 Å². The molecule has 0 saturated heterocycles. The standard InChI is InChI=1S/C58H38N2O/c1-3-11-39(12-4-1)40-19-28-47(29-20-40)59(49-32-23-42(24-33-49)45-27-35-53-52-17-9-10-18-56(52)61-57(53)38-45)48-30-21-41(22-31-48)44-26-34-51-54-36-25-43-13-7-8-16-50(43)58(54)60(55(51)37-44)46-14-5-2-6-15-46/h1-38H. The highest BCUT2D eigenvalue weighted by molar-refractivity contribution is 6.19. The number of fused-ring (bicyclic) bond motifs is 8. The van der Waals surface area contributed by atoms with Crippen molar-refractivity contribution in [1.29, 1.82) is 0 Å². The molecule has 286 valence electrons. The summed E-state index contributed by atoms with van der Waals surface area (Å²) in [6.07, 6.45) is 0. The maximum absolute atomic E-state index is 6.24. The molecule has 0 aliphatic carbocycles. The van der Waals surface area contributed by atoms with E-state index in [2.05, 4.69) is 228 Å². The predicted octanol–water partition coefficient (Wildman–Crippen LogP) is 16.3. The van der Waals surface area contributed by atoms with E-state index >= 15 is 0 Å². The van der Waals surface area contributed by atoms with Gasteiger partial charge in [0.2, 0.25) is 0 Å². The van der Waals surface area contributed by atoms with E-state index in [9.17, 15) is 0 Å². The molecule has 12 aromatic rings. The molecule has 0 amide bonds. The van der Waals surface area contributed by atoms with Crippen LogP contribution in [-0.4, -0.2) is 4.57 Å². The van der Waals surface area contributed by atoms with E-state index in [0.717, 1.165) is 61.4 Å². The highest BCUT2D eigenvalue weighted by Gasteiger charge is 2.18. The van der Waals surface area contributed by atoms with Crippen LogP contribution < -0.4 is 4.90 Å². The van der Waals surface area contributed by atoms with Gasteiger partial charge in [-0.3, -0.25) is 0 Å². The van der Waals surface area contributed by atoms with Crippen molar-refractivity contribution in [2.75, 3.05) is 4.90 Å². The Labute approximate surface area is 353 Å². The number of rotatable bonds is 7. The largest absolute Gasteiger partial charge is 0.456 e. The summed E-state index contributed by atoms with van der Waals surface area (Å²) in [7, 11) is 0. The van der Waals surface area contributed by atoms with Crippen LogP contribution in [0.3, 0.4) is 0 Å². The first kappa shape index (κ1) is 34.9.